The minimum atomic E-state index is -0.435. The van der Waals surface area contributed by atoms with Crippen LogP contribution < -0.4 is 4.74 Å². The average molecular weight is 224 g/mol. The molecule has 3 heteroatoms. The number of hydrogen-bond acceptors (Lipinski definition) is 3. The Balaban J connectivity index is 2.06. The van der Waals surface area contributed by atoms with Crippen LogP contribution in [-0.2, 0) is 4.74 Å². The van der Waals surface area contributed by atoms with Crippen molar-refractivity contribution in [1.29, 1.82) is 0 Å². The van der Waals surface area contributed by atoms with Gasteiger partial charge in [-0.3, -0.25) is 0 Å². The van der Waals surface area contributed by atoms with E-state index in [9.17, 15) is 5.11 Å². The lowest BCUT2D eigenvalue weighted by Crippen LogP contribution is -2.18. The maximum atomic E-state index is 9.55. The standard InChI is InChI=1S/C13H20O3/c1-2-9-15-11-12(14)8-10-16-13-6-4-3-5-7-13/h3-7,12,14H,2,8-11H2,1H3. The van der Waals surface area contributed by atoms with Gasteiger partial charge in [-0.25, -0.2) is 0 Å². The third-order valence-electron chi connectivity index (χ3n) is 2.12. The number of hydrogen-bond donors (Lipinski definition) is 1. The fourth-order valence-electron chi connectivity index (χ4n) is 1.28. The summed E-state index contributed by atoms with van der Waals surface area (Å²) in [5, 5.41) is 9.55. The first-order chi connectivity index (χ1) is 7.83. The molecule has 0 spiro atoms. The Morgan fingerprint density at radius 1 is 1.19 bits per heavy atom. The molecule has 0 aliphatic heterocycles. The Kier molecular flexibility index (Phi) is 6.61. The Labute approximate surface area is 97.0 Å². The van der Waals surface area contributed by atoms with Crippen LogP contribution in [0.3, 0.4) is 0 Å². The smallest absolute Gasteiger partial charge is 0.119 e. The number of para-hydroxylation sites is 1. The molecule has 0 bridgehead atoms. The first kappa shape index (κ1) is 13.0. The Morgan fingerprint density at radius 2 is 1.94 bits per heavy atom. The van der Waals surface area contributed by atoms with E-state index in [0.29, 0.717) is 26.2 Å². The van der Waals surface area contributed by atoms with Gasteiger partial charge in [-0.05, 0) is 18.6 Å². The molecule has 16 heavy (non-hydrogen) atoms. The molecular weight excluding hydrogens is 204 g/mol. The van der Waals surface area contributed by atoms with Crippen molar-refractivity contribution in [3.05, 3.63) is 30.3 Å². The molecule has 90 valence electrons. The first-order valence-electron chi connectivity index (χ1n) is 5.76. The zero-order valence-corrected chi connectivity index (χ0v) is 9.76. The fourth-order valence-corrected chi connectivity index (χ4v) is 1.28. The van der Waals surface area contributed by atoms with Crippen molar-refractivity contribution in [3.8, 4) is 5.75 Å². The first-order valence-corrected chi connectivity index (χ1v) is 5.76. The van der Waals surface area contributed by atoms with E-state index in [2.05, 4.69) is 0 Å². The molecule has 1 rings (SSSR count). The van der Waals surface area contributed by atoms with Gasteiger partial charge in [0, 0.05) is 13.0 Å². The van der Waals surface area contributed by atoms with Crippen LogP contribution >= 0.6 is 0 Å². The van der Waals surface area contributed by atoms with Crippen LogP contribution in [0.1, 0.15) is 19.8 Å². The Morgan fingerprint density at radius 3 is 2.62 bits per heavy atom. The lowest BCUT2D eigenvalue weighted by Gasteiger charge is -2.11. The number of rotatable bonds is 8. The molecule has 0 fully saturated rings. The van der Waals surface area contributed by atoms with Crippen molar-refractivity contribution < 1.29 is 14.6 Å². The molecule has 0 heterocycles. The van der Waals surface area contributed by atoms with Gasteiger partial charge in [-0.1, -0.05) is 25.1 Å². The molecular formula is C13H20O3. The van der Waals surface area contributed by atoms with Crippen molar-refractivity contribution in [2.45, 2.75) is 25.9 Å². The van der Waals surface area contributed by atoms with E-state index in [-0.39, 0.29) is 0 Å². The summed E-state index contributed by atoms with van der Waals surface area (Å²) in [6, 6.07) is 9.60. The highest BCUT2D eigenvalue weighted by Crippen LogP contribution is 2.08. The third-order valence-corrected chi connectivity index (χ3v) is 2.12. The van der Waals surface area contributed by atoms with Gasteiger partial charge in [0.05, 0.1) is 19.3 Å². The van der Waals surface area contributed by atoms with E-state index < -0.39 is 6.10 Å². The van der Waals surface area contributed by atoms with Crippen LogP contribution in [0.25, 0.3) is 0 Å². The van der Waals surface area contributed by atoms with Crippen molar-refractivity contribution >= 4 is 0 Å². The molecule has 1 unspecified atom stereocenters. The van der Waals surface area contributed by atoms with Crippen molar-refractivity contribution in [3.63, 3.8) is 0 Å². The number of aliphatic hydroxyl groups excluding tert-OH is 1. The van der Waals surface area contributed by atoms with Crippen molar-refractivity contribution in [2.24, 2.45) is 0 Å². The summed E-state index contributed by atoms with van der Waals surface area (Å²) in [7, 11) is 0. The highest BCUT2D eigenvalue weighted by atomic mass is 16.5. The van der Waals surface area contributed by atoms with Gasteiger partial charge >= 0.3 is 0 Å². The topological polar surface area (TPSA) is 38.7 Å². The maximum absolute atomic E-state index is 9.55. The molecule has 3 nitrogen and oxygen atoms in total. The zero-order valence-electron chi connectivity index (χ0n) is 9.76. The minimum absolute atomic E-state index is 0.395. The van der Waals surface area contributed by atoms with Crippen LogP contribution in [0, 0.1) is 0 Å². The molecule has 0 amide bonds. The van der Waals surface area contributed by atoms with E-state index in [1.165, 1.54) is 0 Å². The average Bonchev–Trinajstić information content (AvgIpc) is 2.31. The van der Waals surface area contributed by atoms with Crippen molar-refractivity contribution in [1.82, 2.24) is 0 Å². The number of benzene rings is 1. The van der Waals surface area contributed by atoms with E-state index >= 15 is 0 Å². The largest absolute Gasteiger partial charge is 0.493 e. The van der Waals surface area contributed by atoms with Gasteiger partial charge in [-0.2, -0.15) is 0 Å². The van der Waals surface area contributed by atoms with E-state index in [0.717, 1.165) is 12.2 Å². The predicted octanol–water partition coefficient (Wildman–Crippen LogP) is 2.24. The summed E-state index contributed by atoms with van der Waals surface area (Å²) >= 11 is 0. The van der Waals surface area contributed by atoms with E-state index in [4.69, 9.17) is 9.47 Å². The molecule has 1 N–H and O–H groups in total. The molecule has 0 saturated heterocycles. The molecule has 0 aromatic heterocycles. The van der Waals surface area contributed by atoms with Crippen LogP contribution in [-0.4, -0.2) is 31.0 Å². The van der Waals surface area contributed by atoms with Gasteiger partial charge < -0.3 is 14.6 Å². The predicted molar refractivity (Wildman–Crippen MR) is 63.7 cm³/mol. The summed E-state index contributed by atoms with van der Waals surface area (Å²) < 4.78 is 10.7. The van der Waals surface area contributed by atoms with Gasteiger partial charge in [0.25, 0.3) is 0 Å². The third kappa shape index (κ3) is 5.73. The molecule has 0 saturated carbocycles. The monoisotopic (exact) mass is 224 g/mol. The molecule has 1 atom stereocenters. The van der Waals surface area contributed by atoms with Gasteiger partial charge in [0.2, 0.25) is 0 Å². The van der Waals surface area contributed by atoms with Crippen LogP contribution in [0.15, 0.2) is 30.3 Å². The maximum Gasteiger partial charge on any atom is 0.119 e. The fraction of sp³-hybridized carbons (Fsp3) is 0.538. The van der Waals surface area contributed by atoms with Crippen LogP contribution in [0.5, 0.6) is 5.75 Å². The molecule has 1 aromatic carbocycles. The van der Waals surface area contributed by atoms with Crippen LogP contribution in [0.4, 0.5) is 0 Å². The second-order valence-electron chi connectivity index (χ2n) is 3.68. The van der Waals surface area contributed by atoms with Gasteiger partial charge in [0.1, 0.15) is 5.75 Å². The Bertz CT molecular complexity index is 261. The number of aliphatic hydroxyl groups is 1. The quantitative estimate of drug-likeness (QED) is 0.688. The zero-order chi connectivity index (χ0) is 11.6. The van der Waals surface area contributed by atoms with Gasteiger partial charge in [0.15, 0.2) is 0 Å². The molecule has 0 aliphatic rings. The van der Waals surface area contributed by atoms with E-state index in [1.807, 2.05) is 37.3 Å². The SMILES string of the molecule is CCCOCC(O)CCOc1ccccc1. The normalized spacial score (nSPS) is 12.4. The second kappa shape index (κ2) is 8.13. The summed E-state index contributed by atoms with van der Waals surface area (Å²) in [6.07, 6.45) is 1.14. The molecule has 1 aromatic rings. The highest BCUT2D eigenvalue weighted by Gasteiger charge is 2.04. The second-order valence-corrected chi connectivity index (χ2v) is 3.68. The highest BCUT2D eigenvalue weighted by molar-refractivity contribution is 5.20. The lowest BCUT2D eigenvalue weighted by atomic mass is 10.3. The summed E-state index contributed by atoms with van der Waals surface area (Å²) in [4.78, 5) is 0. The lowest BCUT2D eigenvalue weighted by molar-refractivity contribution is 0.0262. The molecule has 0 aliphatic carbocycles. The van der Waals surface area contributed by atoms with Crippen LogP contribution in [0.2, 0.25) is 0 Å². The Hall–Kier alpha value is -1.06. The summed E-state index contributed by atoms with van der Waals surface area (Å²) in [5.74, 6) is 0.837. The molecule has 0 radical (unpaired) electrons. The minimum Gasteiger partial charge on any atom is -0.493 e. The summed E-state index contributed by atoms with van der Waals surface area (Å²) in [6.45, 7) is 3.66. The summed E-state index contributed by atoms with van der Waals surface area (Å²) in [5.41, 5.74) is 0. The number of ether oxygens (including phenoxy) is 2. The van der Waals surface area contributed by atoms with Crippen molar-refractivity contribution in [2.75, 3.05) is 19.8 Å². The van der Waals surface area contributed by atoms with Gasteiger partial charge in [-0.15, -0.1) is 0 Å². The van der Waals surface area contributed by atoms with E-state index in [1.54, 1.807) is 0 Å².